The maximum absolute atomic E-state index is 13.9. The van der Waals surface area contributed by atoms with Crippen LogP contribution < -0.4 is 9.47 Å². The molecule has 1 heterocycles. The van der Waals surface area contributed by atoms with E-state index in [-0.39, 0.29) is 11.9 Å². The van der Waals surface area contributed by atoms with Crippen molar-refractivity contribution in [1.82, 2.24) is 4.90 Å². The molecular formula is C37H38N2O3S. The maximum atomic E-state index is 13.9. The molecule has 43 heavy (non-hydrogen) atoms. The van der Waals surface area contributed by atoms with Crippen molar-refractivity contribution in [2.24, 2.45) is 4.99 Å². The molecule has 0 spiro atoms. The predicted octanol–water partition coefficient (Wildman–Crippen LogP) is 9.32. The maximum Gasteiger partial charge on any atom is 0.267 e. The number of hydrogen-bond donors (Lipinski definition) is 0. The fourth-order valence-corrected chi connectivity index (χ4v) is 7.03. The highest BCUT2D eigenvalue weighted by atomic mass is 32.2. The number of hydrogen-bond acceptors (Lipinski definition) is 5. The first-order valence-electron chi connectivity index (χ1n) is 15.4. The lowest BCUT2D eigenvalue weighted by Crippen LogP contribution is -2.40. The van der Waals surface area contributed by atoms with Crippen molar-refractivity contribution < 1.29 is 14.3 Å². The number of para-hydroxylation sites is 1. The Balaban J connectivity index is 1.28. The third kappa shape index (κ3) is 6.50. The Morgan fingerprint density at radius 1 is 0.860 bits per heavy atom. The average Bonchev–Trinajstić information content (AvgIpc) is 3.35. The topological polar surface area (TPSA) is 51.1 Å². The van der Waals surface area contributed by atoms with Gasteiger partial charge in [0.05, 0.1) is 17.2 Å². The van der Waals surface area contributed by atoms with Crippen LogP contribution in [-0.4, -0.2) is 28.6 Å². The first-order valence-corrected chi connectivity index (χ1v) is 16.2. The largest absolute Gasteiger partial charge is 0.490 e. The predicted molar refractivity (Wildman–Crippen MR) is 178 cm³/mol. The molecule has 2 aliphatic rings. The van der Waals surface area contributed by atoms with Gasteiger partial charge in [0.15, 0.2) is 16.7 Å². The van der Waals surface area contributed by atoms with Gasteiger partial charge in [0, 0.05) is 6.04 Å². The number of amides is 1. The molecule has 2 fully saturated rings. The Kier molecular flexibility index (Phi) is 9.13. The van der Waals surface area contributed by atoms with E-state index >= 15 is 0 Å². The van der Waals surface area contributed by atoms with Crippen molar-refractivity contribution in [2.75, 3.05) is 6.61 Å². The van der Waals surface area contributed by atoms with Gasteiger partial charge in [0.1, 0.15) is 6.61 Å². The van der Waals surface area contributed by atoms with Gasteiger partial charge in [-0.15, -0.1) is 0 Å². The van der Waals surface area contributed by atoms with Crippen LogP contribution in [0.1, 0.15) is 62.6 Å². The Morgan fingerprint density at radius 2 is 1.63 bits per heavy atom. The third-order valence-electron chi connectivity index (χ3n) is 8.19. The zero-order chi connectivity index (χ0) is 29.6. The first kappa shape index (κ1) is 29.1. The van der Waals surface area contributed by atoms with Crippen molar-refractivity contribution in [2.45, 2.75) is 65.0 Å². The van der Waals surface area contributed by atoms with Crippen molar-refractivity contribution in [1.29, 1.82) is 0 Å². The summed E-state index contributed by atoms with van der Waals surface area (Å²) in [6, 6.07) is 28.9. The fourth-order valence-electron chi connectivity index (χ4n) is 5.98. The fraction of sp³-hybridized carbons (Fsp3) is 0.297. The van der Waals surface area contributed by atoms with Crippen LogP contribution in [0.2, 0.25) is 0 Å². The van der Waals surface area contributed by atoms with E-state index in [1.165, 1.54) is 34.5 Å². The Morgan fingerprint density at radius 3 is 2.47 bits per heavy atom. The lowest BCUT2D eigenvalue weighted by molar-refractivity contribution is -0.124. The second kappa shape index (κ2) is 13.5. The number of aryl methyl sites for hydroxylation is 1. The molecule has 220 valence electrons. The van der Waals surface area contributed by atoms with Crippen molar-refractivity contribution in [3.8, 4) is 11.5 Å². The number of rotatable bonds is 9. The monoisotopic (exact) mass is 590 g/mol. The summed E-state index contributed by atoms with van der Waals surface area (Å²) in [5.41, 5.74) is 4.15. The summed E-state index contributed by atoms with van der Waals surface area (Å²) in [7, 11) is 0. The normalized spacial score (nSPS) is 17.7. The Bertz CT molecular complexity index is 1670. The number of fused-ring (bicyclic) bond motifs is 1. The SMILES string of the molecule is CCOc1cc(/C=C2/SC(=Nc3ccccc3CC)N(C3CCCCC3)C2=O)ccc1OCc1cccc2ccccc12. The van der Waals surface area contributed by atoms with E-state index in [0.29, 0.717) is 29.6 Å². The van der Waals surface area contributed by atoms with E-state index in [1.54, 1.807) is 0 Å². The van der Waals surface area contributed by atoms with E-state index in [9.17, 15) is 4.79 Å². The van der Waals surface area contributed by atoms with Crippen LogP contribution >= 0.6 is 11.8 Å². The molecule has 0 unspecified atom stereocenters. The molecule has 1 amide bonds. The van der Waals surface area contributed by atoms with Crippen molar-refractivity contribution in [3.05, 3.63) is 107 Å². The molecule has 0 bridgehead atoms. The molecular weight excluding hydrogens is 552 g/mol. The van der Waals surface area contributed by atoms with Gasteiger partial charge < -0.3 is 9.47 Å². The number of carbonyl (C=O) groups is 1. The van der Waals surface area contributed by atoms with Crippen molar-refractivity contribution in [3.63, 3.8) is 0 Å². The van der Waals surface area contributed by atoms with Gasteiger partial charge in [-0.2, -0.15) is 0 Å². The molecule has 6 heteroatoms. The highest BCUT2D eigenvalue weighted by Gasteiger charge is 2.38. The zero-order valence-corrected chi connectivity index (χ0v) is 25.7. The molecule has 5 nitrogen and oxygen atoms in total. The summed E-state index contributed by atoms with van der Waals surface area (Å²) in [4.78, 5) is 21.6. The van der Waals surface area contributed by atoms with Crippen LogP contribution in [0.5, 0.6) is 11.5 Å². The highest BCUT2D eigenvalue weighted by Crippen LogP contribution is 2.40. The van der Waals surface area contributed by atoms with Gasteiger partial charge in [-0.25, -0.2) is 4.99 Å². The second-order valence-electron chi connectivity index (χ2n) is 11.0. The Hall–Kier alpha value is -4.03. The number of nitrogens with zero attached hydrogens (tertiary/aromatic N) is 2. The molecule has 0 aromatic heterocycles. The summed E-state index contributed by atoms with van der Waals surface area (Å²) in [5, 5.41) is 3.16. The zero-order valence-electron chi connectivity index (χ0n) is 24.9. The first-order chi connectivity index (χ1) is 21.1. The highest BCUT2D eigenvalue weighted by molar-refractivity contribution is 8.18. The van der Waals surface area contributed by atoms with Crippen LogP contribution in [-0.2, 0) is 17.8 Å². The van der Waals surface area contributed by atoms with Gasteiger partial charge in [-0.1, -0.05) is 92.9 Å². The molecule has 4 aromatic carbocycles. The van der Waals surface area contributed by atoms with E-state index in [0.717, 1.165) is 54.1 Å². The summed E-state index contributed by atoms with van der Waals surface area (Å²) in [6.45, 7) is 5.06. The van der Waals surface area contributed by atoms with E-state index in [1.807, 2.05) is 60.4 Å². The average molecular weight is 591 g/mol. The molecule has 6 rings (SSSR count). The van der Waals surface area contributed by atoms with Crippen LogP contribution in [0.15, 0.2) is 94.8 Å². The number of ether oxygens (including phenoxy) is 2. The van der Waals surface area contributed by atoms with Crippen LogP contribution in [0, 0.1) is 0 Å². The van der Waals surface area contributed by atoms with E-state index < -0.39 is 0 Å². The van der Waals surface area contributed by atoms with Crippen molar-refractivity contribution >= 4 is 45.4 Å². The molecule has 1 saturated heterocycles. The lowest BCUT2D eigenvalue weighted by atomic mass is 9.94. The summed E-state index contributed by atoms with van der Waals surface area (Å²) in [6.07, 6.45) is 8.43. The molecule has 0 atom stereocenters. The summed E-state index contributed by atoms with van der Waals surface area (Å²) in [5.74, 6) is 1.39. The van der Waals surface area contributed by atoms with Gasteiger partial charge >= 0.3 is 0 Å². The molecule has 4 aromatic rings. The number of benzene rings is 4. The Labute approximate surface area is 258 Å². The number of carbonyl (C=O) groups excluding carboxylic acids is 1. The smallest absolute Gasteiger partial charge is 0.267 e. The van der Waals surface area contributed by atoms with Gasteiger partial charge in [-0.05, 0) is 89.7 Å². The molecule has 0 N–H and O–H groups in total. The van der Waals surface area contributed by atoms with Crippen LogP contribution in [0.25, 0.3) is 16.8 Å². The van der Waals surface area contributed by atoms with Gasteiger partial charge in [0.2, 0.25) is 0 Å². The quantitative estimate of drug-likeness (QED) is 0.182. The summed E-state index contributed by atoms with van der Waals surface area (Å²) < 4.78 is 12.3. The molecule has 0 radical (unpaired) electrons. The van der Waals surface area contributed by atoms with Gasteiger partial charge in [0.25, 0.3) is 5.91 Å². The standard InChI is InChI=1S/C37H38N2O3S/c1-3-27-13-9-11-20-32(27)38-37-39(30-17-6-5-7-18-30)36(40)35(43-37)24-26-21-22-33(34(23-26)41-4-2)42-25-29-16-12-15-28-14-8-10-19-31(28)29/h8-16,19-24,30H,3-7,17-18,25H2,1-2H3/b35-24+,38-37?. The number of aliphatic imine (C=N–C) groups is 1. The lowest BCUT2D eigenvalue weighted by Gasteiger charge is -2.30. The molecule has 1 saturated carbocycles. The minimum atomic E-state index is 0.0406. The van der Waals surface area contributed by atoms with Gasteiger partial charge in [-0.3, -0.25) is 9.69 Å². The van der Waals surface area contributed by atoms with Crippen LogP contribution in [0.3, 0.4) is 0 Å². The van der Waals surface area contributed by atoms with Crippen LogP contribution in [0.4, 0.5) is 5.69 Å². The summed E-state index contributed by atoms with van der Waals surface area (Å²) >= 11 is 1.48. The minimum Gasteiger partial charge on any atom is -0.490 e. The molecule has 1 aliphatic heterocycles. The molecule has 1 aliphatic carbocycles. The minimum absolute atomic E-state index is 0.0406. The number of amidine groups is 1. The third-order valence-corrected chi connectivity index (χ3v) is 9.18. The number of thioether (sulfide) groups is 1. The van der Waals surface area contributed by atoms with E-state index in [4.69, 9.17) is 14.5 Å². The van der Waals surface area contributed by atoms with E-state index in [2.05, 4.69) is 49.4 Å². The second-order valence-corrected chi connectivity index (χ2v) is 12.0.